The van der Waals surface area contributed by atoms with E-state index in [4.69, 9.17) is 4.74 Å². The minimum atomic E-state index is -4.31. The summed E-state index contributed by atoms with van der Waals surface area (Å²) in [7, 11) is 0. The average molecular weight is 308 g/mol. The van der Waals surface area contributed by atoms with E-state index in [1.165, 1.54) is 12.1 Å². The molecule has 3 rings (SSSR count). The molecular formula is C16H15F3N2O. The van der Waals surface area contributed by atoms with Crippen LogP contribution in [0.1, 0.15) is 17.2 Å². The second-order valence-corrected chi connectivity index (χ2v) is 5.11. The zero-order valence-electron chi connectivity index (χ0n) is 11.8. The van der Waals surface area contributed by atoms with Crippen LogP contribution in [0.5, 0.6) is 0 Å². The molecule has 0 radical (unpaired) electrons. The maximum Gasteiger partial charge on any atom is 0.416 e. The number of morpholine rings is 1. The fraction of sp³-hybridized carbons (Fsp3) is 0.312. The Kier molecular flexibility index (Phi) is 4.02. The Hall–Kier alpha value is -2.08. The van der Waals surface area contributed by atoms with Gasteiger partial charge in [-0.3, -0.25) is 0 Å². The molecule has 0 aliphatic carbocycles. The first-order chi connectivity index (χ1) is 10.5. The summed E-state index contributed by atoms with van der Waals surface area (Å²) in [6.45, 7) is 1.80. The molecule has 2 aromatic rings. The molecule has 0 N–H and O–H groups in total. The third-order valence-corrected chi connectivity index (χ3v) is 3.65. The van der Waals surface area contributed by atoms with Crippen LogP contribution >= 0.6 is 0 Å². The molecule has 0 bridgehead atoms. The highest BCUT2D eigenvalue weighted by Gasteiger charge is 2.30. The third-order valence-electron chi connectivity index (χ3n) is 3.65. The second kappa shape index (κ2) is 5.96. The SMILES string of the molecule is FC(F)(F)c1ccc(C2CN(c3ccccn3)CCO2)cc1. The number of benzene rings is 1. The molecule has 6 heteroatoms. The molecule has 1 aromatic carbocycles. The summed E-state index contributed by atoms with van der Waals surface area (Å²) in [5.74, 6) is 0.850. The van der Waals surface area contributed by atoms with Crippen molar-refractivity contribution in [2.45, 2.75) is 12.3 Å². The first-order valence-electron chi connectivity index (χ1n) is 6.99. The lowest BCUT2D eigenvalue weighted by atomic mass is 10.1. The van der Waals surface area contributed by atoms with E-state index in [-0.39, 0.29) is 6.10 Å². The minimum absolute atomic E-state index is 0.252. The van der Waals surface area contributed by atoms with E-state index >= 15 is 0 Å². The summed E-state index contributed by atoms with van der Waals surface area (Å²) in [6.07, 6.45) is -2.85. The summed E-state index contributed by atoms with van der Waals surface area (Å²) in [5.41, 5.74) is 0.0993. The van der Waals surface area contributed by atoms with Gasteiger partial charge in [-0.15, -0.1) is 0 Å². The van der Waals surface area contributed by atoms with Gasteiger partial charge in [0.2, 0.25) is 0 Å². The monoisotopic (exact) mass is 308 g/mol. The quantitative estimate of drug-likeness (QED) is 0.846. The van der Waals surface area contributed by atoms with Gasteiger partial charge in [-0.25, -0.2) is 4.98 Å². The molecule has 1 atom stereocenters. The number of rotatable bonds is 2. The van der Waals surface area contributed by atoms with Crippen LogP contribution in [0.3, 0.4) is 0 Å². The average Bonchev–Trinajstić information content (AvgIpc) is 2.55. The van der Waals surface area contributed by atoms with Crippen LogP contribution in [0, 0.1) is 0 Å². The van der Waals surface area contributed by atoms with Gasteiger partial charge < -0.3 is 9.64 Å². The summed E-state index contributed by atoms with van der Waals surface area (Å²) < 4.78 is 43.5. The maximum atomic E-state index is 12.6. The van der Waals surface area contributed by atoms with Gasteiger partial charge in [0.05, 0.1) is 12.2 Å². The number of halogens is 3. The van der Waals surface area contributed by atoms with E-state index in [2.05, 4.69) is 9.88 Å². The molecule has 116 valence electrons. The molecule has 1 aliphatic heterocycles. The second-order valence-electron chi connectivity index (χ2n) is 5.11. The zero-order valence-corrected chi connectivity index (χ0v) is 11.8. The van der Waals surface area contributed by atoms with Gasteiger partial charge in [-0.1, -0.05) is 18.2 Å². The number of aromatic nitrogens is 1. The van der Waals surface area contributed by atoms with Crippen molar-refractivity contribution < 1.29 is 17.9 Å². The van der Waals surface area contributed by atoms with E-state index in [0.717, 1.165) is 23.5 Å². The van der Waals surface area contributed by atoms with Crippen molar-refractivity contribution in [2.75, 3.05) is 24.6 Å². The molecule has 1 aliphatic rings. The number of hydrogen-bond donors (Lipinski definition) is 0. The maximum absolute atomic E-state index is 12.6. The van der Waals surface area contributed by atoms with Crippen LogP contribution in [0.2, 0.25) is 0 Å². The lowest BCUT2D eigenvalue weighted by Gasteiger charge is -2.34. The number of anilines is 1. The lowest BCUT2D eigenvalue weighted by Crippen LogP contribution is -2.38. The van der Waals surface area contributed by atoms with Crippen LogP contribution < -0.4 is 4.90 Å². The van der Waals surface area contributed by atoms with Gasteiger partial charge in [0.1, 0.15) is 11.9 Å². The van der Waals surface area contributed by atoms with Crippen LogP contribution in [0.25, 0.3) is 0 Å². The van der Waals surface area contributed by atoms with E-state index in [9.17, 15) is 13.2 Å². The summed E-state index contributed by atoms with van der Waals surface area (Å²) in [5, 5.41) is 0. The standard InChI is InChI=1S/C16H15F3N2O/c17-16(18,19)13-6-4-12(5-7-13)14-11-21(9-10-22-14)15-3-1-2-8-20-15/h1-8,14H,9-11H2. The number of ether oxygens (including phenoxy) is 1. The minimum Gasteiger partial charge on any atom is -0.370 e. The predicted molar refractivity (Wildman–Crippen MR) is 76.6 cm³/mol. The van der Waals surface area contributed by atoms with E-state index < -0.39 is 11.7 Å². The van der Waals surface area contributed by atoms with Crippen LogP contribution in [-0.4, -0.2) is 24.7 Å². The predicted octanol–water partition coefficient (Wildman–Crippen LogP) is 3.68. The zero-order chi connectivity index (χ0) is 15.6. The Labute approximate surface area is 126 Å². The van der Waals surface area contributed by atoms with Crippen molar-refractivity contribution in [3.05, 3.63) is 59.8 Å². The summed E-state index contributed by atoms with van der Waals surface area (Å²) in [6, 6.07) is 10.8. The molecule has 3 nitrogen and oxygen atoms in total. The third kappa shape index (κ3) is 3.22. The number of nitrogens with zero attached hydrogens (tertiary/aromatic N) is 2. The van der Waals surface area contributed by atoms with Gasteiger partial charge in [0.15, 0.2) is 0 Å². The Morgan fingerprint density at radius 3 is 2.50 bits per heavy atom. The first kappa shape index (κ1) is 14.8. The Balaban J connectivity index is 1.75. The van der Waals surface area contributed by atoms with Gasteiger partial charge in [-0.05, 0) is 29.8 Å². The van der Waals surface area contributed by atoms with Crippen LogP contribution in [0.15, 0.2) is 48.7 Å². The molecule has 22 heavy (non-hydrogen) atoms. The molecule has 1 aromatic heterocycles. The van der Waals surface area contributed by atoms with Crippen LogP contribution in [0.4, 0.5) is 19.0 Å². The molecule has 0 spiro atoms. The molecule has 0 amide bonds. The summed E-state index contributed by atoms with van der Waals surface area (Å²) in [4.78, 5) is 6.37. The van der Waals surface area contributed by atoms with E-state index in [1.807, 2.05) is 18.2 Å². The van der Waals surface area contributed by atoms with Crippen molar-refractivity contribution >= 4 is 5.82 Å². The van der Waals surface area contributed by atoms with E-state index in [1.54, 1.807) is 6.20 Å². The number of hydrogen-bond acceptors (Lipinski definition) is 3. The normalized spacial score (nSPS) is 19.2. The fourth-order valence-corrected chi connectivity index (χ4v) is 2.49. The molecule has 1 fully saturated rings. The van der Waals surface area contributed by atoms with Crippen LogP contribution in [-0.2, 0) is 10.9 Å². The van der Waals surface area contributed by atoms with Crippen molar-refractivity contribution in [2.24, 2.45) is 0 Å². The van der Waals surface area contributed by atoms with Crippen molar-refractivity contribution in [3.8, 4) is 0 Å². The number of alkyl halides is 3. The van der Waals surface area contributed by atoms with Gasteiger partial charge in [-0.2, -0.15) is 13.2 Å². The molecule has 1 unspecified atom stereocenters. The molecular weight excluding hydrogens is 293 g/mol. The Bertz CT molecular complexity index is 614. The fourth-order valence-electron chi connectivity index (χ4n) is 2.49. The Morgan fingerprint density at radius 1 is 1.09 bits per heavy atom. The molecule has 0 saturated carbocycles. The largest absolute Gasteiger partial charge is 0.416 e. The van der Waals surface area contributed by atoms with E-state index in [0.29, 0.717) is 19.7 Å². The smallest absolute Gasteiger partial charge is 0.370 e. The highest BCUT2D eigenvalue weighted by Crippen LogP contribution is 2.31. The van der Waals surface area contributed by atoms with Crippen molar-refractivity contribution in [1.29, 1.82) is 0 Å². The molecule has 1 saturated heterocycles. The highest BCUT2D eigenvalue weighted by molar-refractivity contribution is 5.39. The van der Waals surface area contributed by atoms with Gasteiger partial charge >= 0.3 is 6.18 Å². The van der Waals surface area contributed by atoms with Crippen molar-refractivity contribution in [3.63, 3.8) is 0 Å². The molecule has 2 heterocycles. The van der Waals surface area contributed by atoms with Gasteiger partial charge in [0.25, 0.3) is 0 Å². The lowest BCUT2D eigenvalue weighted by molar-refractivity contribution is -0.137. The Morgan fingerprint density at radius 2 is 1.86 bits per heavy atom. The van der Waals surface area contributed by atoms with Crippen molar-refractivity contribution in [1.82, 2.24) is 4.98 Å². The number of pyridine rings is 1. The first-order valence-corrected chi connectivity index (χ1v) is 6.99. The summed E-state index contributed by atoms with van der Waals surface area (Å²) >= 11 is 0. The highest BCUT2D eigenvalue weighted by atomic mass is 19.4. The van der Waals surface area contributed by atoms with Gasteiger partial charge in [0, 0.05) is 19.3 Å². The topological polar surface area (TPSA) is 25.4 Å².